The molecule has 6 nitrogen and oxygen atoms in total. The van der Waals surface area contributed by atoms with Gasteiger partial charge in [0.25, 0.3) is 11.8 Å². The summed E-state index contributed by atoms with van der Waals surface area (Å²) in [5, 5.41) is 3.00. The van der Waals surface area contributed by atoms with Gasteiger partial charge < -0.3 is 15.1 Å². The third-order valence-electron chi connectivity index (χ3n) is 7.16. The Kier molecular flexibility index (Phi) is 8.29. The molecule has 0 saturated carbocycles. The number of hydrogen-bond donors (Lipinski definition) is 1. The molecule has 0 bridgehead atoms. The SMILES string of the molecule is O=C(NCCCN1CCCCCC1)c1ccc2c(c1)N(Cc1ccc(F)cc1)C(=O)c1ccccc1[S@]2=O. The Morgan fingerprint density at radius 2 is 1.66 bits per heavy atom. The molecule has 5 rings (SSSR count). The van der Waals surface area contributed by atoms with Crippen molar-refractivity contribution < 1.29 is 18.2 Å². The molecular weight excluding hydrogens is 501 g/mol. The van der Waals surface area contributed by atoms with Crippen LogP contribution < -0.4 is 10.2 Å². The second-order valence-corrected chi connectivity index (χ2v) is 11.2. The number of amides is 2. The van der Waals surface area contributed by atoms with Crippen molar-refractivity contribution in [2.24, 2.45) is 0 Å². The summed E-state index contributed by atoms with van der Waals surface area (Å²) < 4.78 is 27.1. The number of nitrogens with zero attached hydrogens (tertiary/aromatic N) is 2. The summed E-state index contributed by atoms with van der Waals surface area (Å²) in [7, 11) is -1.60. The fourth-order valence-electron chi connectivity index (χ4n) is 5.10. The first-order chi connectivity index (χ1) is 18.5. The molecule has 8 heteroatoms. The summed E-state index contributed by atoms with van der Waals surface area (Å²) in [5.74, 6) is -0.907. The Morgan fingerprint density at radius 1 is 0.921 bits per heavy atom. The molecule has 1 saturated heterocycles. The van der Waals surface area contributed by atoms with Crippen molar-refractivity contribution in [2.45, 2.75) is 48.4 Å². The Balaban J connectivity index is 1.38. The number of anilines is 1. The second-order valence-electron chi connectivity index (χ2n) is 9.83. The highest BCUT2D eigenvalue weighted by Gasteiger charge is 2.31. The molecule has 198 valence electrons. The van der Waals surface area contributed by atoms with Crippen LogP contribution in [0, 0.1) is 5.82 Å². The Bertz CT molecular complexity index is 1340. The number of hydrogen-bond acceptors (Lipinski definition) is 4. The van der Waals surface area contributed by atoms with E-state index in [1.807, 2.05) is 0 Å². The summed E-state index contributed by atoms with van der Waals surface area (Å²) in [6, 6.07) is 17.8. The molecular formula is C30H32FN3O3S. The molecule has 38 heavy (non-hydrogen) atoms. The number of nitrogens with one attached hydrogen (secondary N) is 1. The lowest BCUT2D eigenvalue weighted by molar-refractivity contribution is 0.0948. The number of benzene rings is 3. The summed E-state index contributed by atoms with van der Waals surface area (Å²) >= 11 is 0. The normalized spacial score (nSPS) is 17.8. The molecule has 0 aromatic heterocycles. The van der Waals surface area contributed by atoms with Crippen molar-refractivity contribution in [1.82, 2.24) is 10.2 Å². The summed E-state index contributed by atoms with van der Waals surface area (Å²) in [6.07, 6.45) is 5.93. The topological polar surface area (TPSA) is 69.7 Å². The predicted molar refractivity (Wildman–Crippen MR) is 146 cm³/mol. The smallest absolute Gasteiger partial charge is 0.259 e. The largest absolute Gasteiger partial charge is 0.352 e. The highest BCUT2D eigenvalue weighted by Crippen LogP contribution is 2.36. The molecule has 1 N–H and O–H groups in total. The molecule has 2 aliphatic heterocycles. The monoisotopic (exact) mass is 533 g/mol. The van der Waals surface area contributed by atoms with E-state index in [1.54, 1.807) is 54.6 Å². The van der Waals surface area contributed by atoms with Gasteiger partial charge in [-0.25, -0.2) is 8.60 Å². The van der Waals surface area contributed by atoms with E-state index in [1.165, 1.54) is 42.7 Å². The number of halogens is 1. The second kappa shape index (κ2) is 12.0. The van der Waals surface area contributed by atoms with Crippen LogP contribution in [-0.4, -0.2) is 47.1 Å². The predicted octanol–water partition coefficient (Wildman–Crippen LogP) is 5.15. The van der Waals surface area contributed by atoms with Crippen molar-refractivity contribution in [1.29, 1.82) is 0 Å². The number of rotatable bonds is 7. The van der Waals surface area contributed by atoms with E-state index in [-0.39, 0.29) is 24.2 Å². The van der Waals surface area contributed by atoms with Gasteiger partial charge in [-0.15, -0.1) is 0 Å². The lowest BCUT2D eigenvalue weighted by atomic mass is 10.1. The molecule has 3 aromatic rings. The Labute approximate surface area is 225 Å². The molecule has 3 aromatic carbocycles. The average molecular weight is 534 g/mol. The quantitative estimate of drug-likeness (QED) is 0.427. The van der Waals surface area contributed by atoms with E-state index in [0.29, 0.717) is 33.2 Å². The van der Waals surface area contributed by atoms with Gasteiger partial charge in [0.05, 0.1) is 38.4 Å². The van der Waals surface area contributed by atoms with E-state index in [0.717, 1.165) is 31.6 Å². The maximum atomic E-state index is 13.7. The lowest BCUT2D eigenvalue weighted by Crippen LogP contribution is -2.32. The van der Waals surface area contributed by atoms with Crippen molar-refractivity contribution in [3.05, 3.63) is 89.2 Å². The first kappa shape index (κ1) is 26.3. The van der Waals surface area contributed by atoms with Crippen LogP contribution in [0.25, 0.3) is 0 Å². The summed E-state index contributed by atoms with van der Waals surface area (Å²) in [5.41, 5.74) is 1.90. The highest BCUT2D eigenvalue weighted by atomic mass is 32.2. The van der Waals surface area contributed by atoms with E-state index in [2.05, 4.69) is 10.2 Å². The zero-order valence-electron chi connectivity index (χ0n) is 21.3. The fourth-order valence-corrected chi connectivity index (χ4v) is 6.45. The van der Waals surface area contributed by atoms with Crippen LogP contribution in [0.15, 0.2) is 76.5 Å². The lowest BCUT2D eigenvalue weighted by Gasteiger charge is -2.24. The molecule has 0 spiro atoms. The van der Waals surface area contributed by atoms with Crippen LogP contribution in [0.2, 0.25) is 0 Å². The number of likely N-dealkylation sites (tertiary alicyclic amines) is 1. The van der Waals surface area contributed by atoms with Crippen molar-refractivity contribution in [3.8, 4) is 0 Å². The minimum Gasteiger partial charge on any atom is -0.352 e. The maximum Gasteiger partial charge on any atom is 0.259 e. The van der Waals surface area contributed by atoms with Crippen molar-refractivity contribution >= 4 is 28.3 Å². The van der Waals surface area contributed by atoms with E-state index < -0.39 is 10.8 Å². The minimum atomic E-state index is -1.60. The van der Waals surface area contributed by atoms with Gasteiger partial charge in [-0.2, -0.15) is 0 Å². The van der Waals surface area contributed by atoms with Gasteiger partial charge in [0.2, 0.25) is 0 Å². The molecule has 2 heterocycles. The maximum absolute atomic E-state index is 13.7. The zero-order chi connectivity index (χ0) is 26.5. The molecule has 1 fully saturated rings. The molecule has 2 aliphatic rings. The van der Waals surface area contributed by atoms with E-state index in [4.69, 9.17) is 0 Å². The van der Waals surface area contributed by atoms with Crippen molar-refractivity contribution in [2.75, 3.05) is 31.1 Å². The molecule has 1 atom stereocenters. The van der Waals surface area contributed by atoms with Gasteiger partial charge in [-0.1, -0.05) is 37.1 Å². The molecule has 0 aliphatic carbocycles. The van der Waals surface area contributed by atoms with Crippen LogP contribution in [0.5, 0.6) is 0 Å². The van der Waals surface area contributed by atoms with Gasteiger partial charge in [0.1, 0.15) is 5.82 Å². The van der Waals surface area contributed by atoms with Gasteiger partial charge in [-0.3, -0.25) is 9.59 Å². The fraction of sp³-hybridized carbons (Fsp3) is 0.333. The number of fused-ring (bicyclic) bond motifs is 2. The Hall–Kier alpha value is -3.36. The Morgan fingerprint density at radius 3 is 2.42 bits per heavy atom. The third kappa shape index (κ3) is 5.87. The van der Waals surface area contributed by atoms with Crippen LogP contribution >= 0.6 is 0 Å². The van der Waals surface area contributed by atoms with Gasteiger partial charge in [0, 0.05) is 12.1 Å². The first-order valence-electron chi connectivity index (χ1n) is 13.2. The van der Waals surface area contributed by atoms with Crippen LogP contribution in [0.3, 0.4) is 0 Å². The first-order valence-corrected chi connectivity index (χ1v) is 14.4. The minimum absolute atomic E-state index is 0.151. The molecule has 2 amide bonds. The van der Waals surface area contributed by atoms with Crippen molar-refractivity contribution in [3.63, 3.8) is 0 Å². The number of carbonyl (C=O) groups is 2. The van der Waals surface area contributed by atoms with E-state index in [9.17, 15) is 18.2 Å². The molecule has 0 radical (unpaired) electrons. The number of carbonyl (C=O) groups excluding carboxylic acids is 2. The van der Waals surface area contributed by atoms with Crippen LogP contribution in [0.4, 0.5) is 10.1 Å². The third-order valence-corrected chi connectivity index (χ3v) is 8.66. The highest BCUT2D eigenvalue weighted by molar-refractivity contribution is 7.85. The molecule has 0 unspecified atom stereocenters. The van der Waals surface area contributed by atoms with Crippen LogP contribution in [0.1, 0.15) is 58.4 Å². The van der Waals surface area contributed by atoms with Gasteiger partial charge in [-0.05, 0) is 86.9 Å². The summed E-state index contributed by atoms with van der Waals surface area (Å²) in [6.45, 7) is 3.91. The summed E-state index contributed by atoms with van der Waals surface area (Å²) in [4.78, 5) is 31.6. The van der Waals surface area contributed by atoms with Gasteiger partial charge >= 0.3 is 0 Å². The standard InChI is InChI=1S/C30H32FN3O3S/c31-24-13-10-22(11-14-24)21-34-26-20-23(29(35)32-16-7-19-33-17-5-1-2-6-18-33)12-15-28(26)38(37)27-9-4-3-8-25(27)30(34)36/h3-4,8-15,20H,1-2,5-7,16-19,21H2,(H,32,35)/t38-/m1/s1. The average Bonchev–Trinajstić information content (AvgIpc) is 3.26. The van der Waals surface area contributed by atoms with E-state index >= 15 is 0 Å². The van der Waals surface area contributed by atoms with Gasteiger partial charge in [0.15, 0.2) is 0 Å². The van der Waals surface area contributed by atoms with Crippen LogP contribution in [-0.2, 0) is 17.3 Å². The zero-order valence-corrected chi connectivity index (χ0v) is 22.1.